The van der Waals surface area contributed by atoms with Gasteiger partial charge in [0.25, 0.3) is 0 Å². The van der Waals surface area contributed by atoms with Gasteiger partial charge < -0.3 is 5.73 Å². The van der Waals surface area contributed by atoms with Crippen LogP contribution in [0.5, 0.6) is 0 Å². The van der Waals surface area contributed by atoms with Crippen molar-refractivity contribution >= 4 is 0 Å². The maximum absolute atomic E-state index is 5.80. The molecule has 0 heterocycles. The molecule has 15 heavy (non-hydrogen) atoms. The van der Waals surface area contributed by atoms with Crippen molar-refractivity contribution in [2.45, 2.75) is 65.2 Å². The fraction of sp³-hybridized carbons (Fsp3) is 1.00. The molecule has 88 valence electrons. The Morgan fingerprint density at radius 2 is 1.87 bits per heavy atom. The predicted molar refractivity (Wildman–Crippen MR) is 65.7 cm³/mol. The van der Waals surface area contributed by atoms with E-state index in [0.717, 1.165) is 12.5 Å². The average molecular weight is 209 g/mol. The summed E-state index contributed by atoms with van der Waals surface area (Å²) in [6.07, 6.45) is 11.5. The van der Waals surface area contributed by atoms with Gasteiger partial charge in [0.15, 0.2) is 0 Å². The standard InChI is InChI=1S/C14H27N/c1-13(2)6-3-5-12(11-13)14(9-10-15)7-4-8-14/h12H,3-11,15H2,1-2H3. The Labute approximate surface area is 94.8 Å². The second kappa shape index (κ2) is 4.08. The third-order valence-electron chi connectivity index (χ3n) is 5.06. The van der Waals surface area contributed by atoms with Crippen LogP contribution in [0.4, 0.5) is 0 Å². The van der Waals surface area contributed by atoms with E-state index in [1.165, 1.54) is 51.4 Å². The van der Waals surface area contributed by atoms with Crippen LogP contribution in [0.2, 0.25) is 0 Å². The van der Waals surface area contributed by atoms with Crippen molar-refractivity contribution < 1.29 is 0 Å². The Kier molecular flexibility index (Phi) is 3.12. The van der Waals surface area contributed by atoms with E-state index >= 15 is 0 Å². The lowest BCUT2D eigenvalue weighted by molar-refractivity contribution is -0.0110. The summed E-state index contributed by atoms with van der Waals surface area (Å²) in [5.74, 6) is 0.985. The first-order valence-electron chi connectivity index (χ1n) is 6.78. The van der Waals surface area contributed by atoms with E-state index in [0.29, 0.717) is 10.8 Å². The van der Waals surface area contributed by atoms with Gasteiger partial charge in [-0.3, -0.25) is 0 Å². The van der Waals surface area contributed by atoms with Crippen LogP contribution >= 0.6 is 0 Å². The van der Waals surface area contributed by atoms with Crippen LogP contribution in [-0.2, 0) is 0 Å². The minimum Gasteiger partial charge on any atom is -0.330 e. The van der Waals surface area contributed by atoms with Gasteiger partial charge in [0.2, 0.25) is 0 Å². The molecule has 2 N–H and O–H groups in total. The topological polar surface area (TPSA) is 26.0 Å². The van der Waals surface area contributed by atoms with E-state index in [1.807, 2.05) is 0 Å². The van der Waals surface area contributed by atoms with Crippen molar-refractivity contribution in [2.24, 2.45) is 22.5 Å². The molecule has 2 saturated carbocycles. The summed E-state index contributed by atoms with van der Waals surface area (Å²) >= 11 is 0. The molecule has 2 aliphatic rings. The lowest BCUT2D eigenvalue weighted by atomic mass is 9.53. The molecule has 0 saturated heterocycles. The summed E-state index contributed by atoms with van der Waals surface area (Å²) in [4.78, 5) is 0. The molecule has 0 aromatic rings. The largest absolute Gasteiger partial charge is 0.330 e. The maximum atomic E-state index is 5.80. The molecule has 1 nitrogen and oxygen atoms in total. The zero-order valence-electron chi connectivity index (χ0n) is 10.5. The molecule has 1 heteroatoms. The third kappa shape index (κ3) is 2.22. The monoisotopic (exact) mass is 209 g/mol. The normalized spacial score (nSPS) is 33.4. The molecular weight excluding hydrogens is 182 g/mol. The zero-order chi connectivity index (χ0) is 10.9. The smallest absolute Gasteiger partial charge is 0.00719 e. The van der Waals surface area contributed by atoms with Gasteiger partial charge >= 0.3 is 0 Å². The highest BCUT2D eigenvalue weighted by Crippen LogP contribution is 2.56. The van der Waals surface area contributed by atoms with E-state index in [2.05, 4.69) is 13.8 Å². The van der Waals surface area contributed by atoms with Crippen LogP contribution < -0.4 is 5.73 Å². The summed E-state index contributed by atoms with van der Waals surface area (Å²) < 4.78 is 0. The third-order valence-corrected chi connectivity index (χ3v) is 5.06. The summed E-state index contributed by atoms with van der Waals surface area (Å²) in [7, 11) is 0. The predicted octanol–water partition coefficient (Wildman–Crippen LogP) is 3.72. The molecule has 0 bridgehead atoms. The average Bonchev–Trinajstić information content (AvgIpc) is 2.09. The van der Waals surface area contributed by atoms with E-state index in [1.54, 1.807) is 0 Å². The lowest BCUT2D eigenvalue weighted by Gasteiger charge is -2.52. The van der Waals surface area contributed by atoms with Gasteiger partial charge in [0.1, 0.15) is 0 Å². The number of hydrogen-bond acceptors (Lipinski definition) is 1. The van der Waals surface area contributed by atoms with Gasteiger partial charge in [-0.2, -0.15) is 0 Å². The van der Waals surface area contributed by atoms with Gasteiger partial charge in [0.05, 0.1) is 0 Å². The molecule has 0 radical (unpaired) electrons. The van der Waals surface area contributed by atoms with Gasteiger partial charge in [0, 0.05) is 0 Å². The maximum Gasteiger partial charge on any atom is -0.00719 e. The van der Waals surface area contributed by atoms with Crippen molar-refractivity contribution in [3.05, 3.63) is 0 Å². The summed E-state index contributed by atoms with van der Waals surface area (Å²) in [5, 5.41) is 0. The minimum atomic E-state index is 0.597. The first-order valence-corrected chi connectivity index (χ1v) is 6.78. The molecule has 0 aromatic heterocycles. The van der Waals surface area contributed by atoms with Crippen molar-refractivity contribution in [1.82, 2.24) is 0 Å². The van der Waals surface area contributed by atoms with Crippen LogP contribution in [0.1, 0.15) is 65.2 Å². The molecule has 1 atom stereocenters. The fourth-order valence-corrected chi connectivity index (χ4v) is 4.00. The molecule has 2 aliphatic carbocycles. The number of hydrogen-bond donors (Lipinski definition) is 1. The molecule has 0 amide bonds. The van der Waals surface area contributed by atoms with Crippen molar-refractivity contribution in [1.29, 1.82) is 0 Å². The molecule has 0 aromatic carbocycles. The van der Waals surface area contributed by atoms with Crippen LogP contribution in [0, 0.1) is 16.7 Å². The molecule has 1 unspecified atom stereocenters. The summed E-state index contributed by atoms with van der Waals surface area (Å²) in [6, 6.07) is 0. The van der Waals surface area contributed by atoms with Crippen LogP contribution in [0.15, 0.2) is 0 Å². The fourth-order valence-electron chi connectivity index (χ4n) is 4.00. The Bertz CT molecular complexity index is 215. The molecule has 2 fully saturated rings. The summed E-state index contributed by atoms with van der Waals surface area (Å²) in [6.45, 7) is 5.80. The summed E-state index contributed by atoms with van der Waals surface area (Å²) in [5.41, 5.74) is 7.07. The van der Waals surface area contributed by atoms with Crippen molar-refractivity contribution in [3.63, 3.8) is 0 Å². The first kappa shape index (κ1) is 11.4. The Morgan fingerprint density at radius 3 is 2.33 bits per heavy atom. The molecule has 0 spiro atoms. The van der Waals surface area contributed by atoms with Crippen LogP contribution in [0.25, 0.3) is 0 Å². The van der Waals surface area contributed by atoms with Crippen molar-refractivity contribution in [3.8, 4) is 0 Å². The molecule has 2 rings (SSSR count). The Hall–Kier alpha value is -0.0400. The van der Waals surface area contributed by atoms with Gasteiger partial charge in [-0.05, 0) is 61.8 Å². The van der Waals surface area contributed by atoms with Gasteiger partial charge in [-0.1, -0.05) is 26.7 Å². The van der Waals surface area contributed by atoms with E-state index in [9.17, 15) is 0 Å². The molecular formula is C14H27N. The minimum absolute atomic E-state index is 0.597. The Morgan fingerprint density at radius 1 is 1.13 bits per heavy atom. The van der Waals surface area contributed by atoms with Crippen molar-refractivity contribution in [2.75, 3.05) is 6.54 Å². The SMILES string of the molecule is CC1(C)CCCC(C2(CCN)CCC2)C1. The Balaban J connectivity index is 2.01. The zero-order valence-corrected chi connectivity index (χ0v) is 10.5. The highest BCUT2D eigenvalue weighted by atomic mass is 14.6. The number of rotatable bonds is 3. The second-order valence-electron chi connectivity index (χ2n) is 6.71. The van der Waals surface area contributed by atoms with Crippen LogP contribution in [-0.4, -0.2) is 6.54 Å². The highest BCUT2D eigenvalue weighted by molar-refractivity contribution is 4.97. The highest BCUT2D eigenvalue weighted by Gasteiger charge is 2.45. The van der Waals surface area contributed by atoms with E-state index in [-0.39, 0.29) is 0 Å². The van der Waals surface area contributed by atoms with E-state index < -0.39 is 0 Å². The second-order valence-corrected chi connectivity index (χ2v) is 6.71. The van der Waals surface area contributed by atoms with E-state index in [4.69, 9.17) is 5.73 Å². The number of nitrogens with two attached hydrogens (primary N) is 1. The molecule has 0 aliphatic heterocycles. The van der Waals surface area contributed by atoms with Gasteiger partial charge in [-0.15, -0.1) is 0 Å². The van der Waals surface area contributed by atoms with Gasteiger partial charge in [-0.25, -0.2) is 0 Å². The first-order chi connectivity index (χ1) is 7.08. The quantitative estimate of drug-likeness (QED) is 0.753. The lowest BCUT2D eigenvalue weighted by Crippen LogP contribution is -2.42. The van der Waals surface area contributed by atoms with Crippen LogP contribution in [0.3, 0.4) is 0 Å².